The Balaban J connectivity index is 2.81. The van der Waals surface area contributed by atoms with Gasteiger partial charge in [0.2, 0.25) is 0 Å². The van der Waals surface area contributed by atoms with Crippen LogP contribution in [0.1, 0.15) is 24.0 Å². The van der Waals surface area contributed by atoms with Gasteiger partial charge in [-0.05, 0) is 35.4 Å². The fraction of sp³-hybridized carbons (Fsp3) is 0.143. The molecule has 0 aliphatic rings. The number of nitriles is 2. The van der Waals surface area contributed by atoms with Gasteiger partial charge in [-0.3, -0.25) is 0 Å². The van der Waals surface area contributed by atoms with Crippen molar-refractivity contribution in [2.75, 3.05) is 0 Å². The first kappa shape index (κ1) is 10.2. The van der Waals surface area contributed by atoms with Crippen molar-refractivity contribution in [2.45, 2.75) is 12.8 Å². The maximum absolute atomic E-state index is 8.98. The van der Waals surface area contributed by atoms with Gasteiger partial charge in [0, 0.05) is 0 Å². The SMILES string of the molecule is CC(C#N)c1cc(C#N)cc2ccccc12. The molecule has 0 amide bonds. The van der Waals surface area contributed by atoms with E-state index in [9.17, 15) is 0 Å². The minimum absolute atomic E-state index is 0.196. The number of fused-ring (bicyclic) bond motifs is 1. The van der Waals surface area contributed by atoms with Gasteiger partial charge in [-0.1, -0.05) is 24.3 Å². The summed E-state index contributed by atoms with van der Waals surface area (Å²) >= 11 is 0. The van der Waals surface area contributed by atoms with Crippen molar-refractivity contribution < 1.29 is 0 Å². The Bertz CT molecular complexity index is 615. The van der Waals surface area contributed by atoms with Crippen molar-refractivity contribution in [1.82, 2.24) is 0 Å². The van der Waals surface area contributed by atoms with Crippen LogP contribution in [-0.2, 0) is 0 Å². The summed E-state index contributed by atoms with van der Waals surface area (Å²) in [6.07, 6.45) is 0. The molecule has 76 valence electrons. The van der Waals surface area contributed by atoms with Gasteiger partial charge in [-0.25, -0.2) is 0 Å². The lowest BCUT2D eigenvalue weighted by atomic mass is 9.94. The Kier molecular flexibility index (Phi) is 2.58. The smallest absolute Gasteiger partial charge is 0.0991 e. The molecule has 0 radical (unpaired) electrons. The summed E-state index contributed by atoms with van der Waals surface area (Å²) in [4.78, 5) is 0. The van der Waals surface area contributed by atoms with Crippen LogP contribution in [0.4, 0.5) is 0 Å². The summed E-state index contributed by atoms with van der Waals surface area (Å²) in [5, 5.41) is 20.0. The zero-order chi connectivity index (χ0) is 11.5. The van der Waals surface area contributed by atoms with Crippen molar-refractivity contribution in [3.63, 3.8) is 0 Å². The molecule has 2 aromatic rings. The zero-order valence-corrected chi connectivity index (χ0v) is 8.94. The molecule has 16 heavy (non-hydrogen) atoms. The maximum Gasteiger partial charge on any atom is 0.0991 e. The molecule has 2 rings (SSSR count). The van der Waals surface area contributed by atoms with E-state index in [-0.39, 0.29) is 5.92 Å². The van der Waals surface area contributed by atoms with Gasteiger partial charge >= 0.3 is 0 Å². The van der Waals surface area contributed by atoms with Crippen LogP contribution >= 0.6 is 0 Å². The summed E-state index contributed by atoms with van der Waals surface area (Å²) < 4.78 is 0. The lowest BCUT2D eigenvalue weighted by Gasteiger charge is -2.08. The first-order chi connectivity index (χ1) is 7.76. The first-order valence-corrected chi connectivity index (χ1v) is 5.08. The molecule has 0 heterocycles. The summed E-state index contributed by atoms with van der Waals surface area (Å²) in [6, 6.07) is 15.8. The standard InChI is InChI=1S/C14H10N2/c1-10(8-15)14-7-11(9-16)6-12-4-2-3-5-13(12)14/h2-7,10H,1H3. The van der Waals surface area contributed by atoms with Crippen molar-refractivity contribution in [2.24, 2.45) is 0 Å². The van der Waals surface area contributed by atoms with Crippen LogP contribution in [0, 0.1) is 22.7 Å². The highest BCUT2D eigenvalue weighted by Gasteiger charge is 2.09. The minimum Gasteiger partial charge on any atom is -0.198 e. The molecule has 0 N–H and O–H groups in total. The Labute approximate surface area is 94.4 Å². The Hall–Kier alpha value is -2.32. The van der Waals surface area contributed by atoms with Crippen molar-refractivity contribution in [1.29, 1.82) is 10.5 Å². The molecule has 1 unspecified atom stereocenters. The molecule has 2 nitrogen and oxygen atoms in total. The fourth-order valence-corrected chi connectivity index (χ4v) is 1.83. The zero-order valence-electron chi connectivity index (χ0n) is 8.94. The van der Waals surface area contributed by atoms with Crippen LogP contribution in [0.25, 0.3) is 10.8 Å². The van der Waals surface area contributed by atoms with Crippen molar-refractivity contribution >= 4 is 10.8 Å². The largest absolute Gasteiger partial charge is 0.198 e. The van der Waals surface area contributed by atoms with Crippen molar-refractivity contribution in [3.8, 4) is 12.1 Å². The molecule has 0 bridgehead atoms. The average Bonchev–Trinajstić information content (AvgIpc) is 2.36. The summed E-state index contributed by atoms with van der Waals surface area (Å²) in [7, 11) is 0. The lowest BCUT2D eigenvalue weighted by Crippen LogP contribution is -1.93. The fourth-order valence-electron chi connectivity index (χ4n) is 1.83. The van der Waals surface area contributed by atoms with E-state index in [0.29, 0.717) is 5.56 Å². The highest BCUT2D eigenvalue weighted by Crippen LogP contribution is 2.26. The molecule has 2 aromatic carbocycles. The van der Waals surface area contributed by atoms with E-state index in [2.05, 4.69) is 12.1 Å². The molecular formula is C14H10N2. The molecule has 0 fully saturated rings. The molecule has 1 atom stereocenters. The van der Waals surface area contributed by atoms with Gasteiger partial charge in [0.05, 0.1) is 23.6 Å². The van der Waals surface area contributed by atoms with E-state index in [1.54, 1.807) is 6.07 Å². The molecule has 2 heteroatoms. The predicted molar refractivity (Wildman–Crippen MR) is 62.7 cm³/mol. The van der Waals surface area contributed by atoms with Gasteiger partial charge in [-0.15, -0.1) is 0 Å². The monoisotopic (exact) mass is 206 g/mol. The molecule has 0 spiro atoms. The third-order valence-corrected chi connectivity index (χ3v) is 2.68. The van der Waals surface area contributed by atoms with Gasteiger partial charge in [0.25, 0.3) is 0 Å². The number of benzene rings is 2. The predicted octanol–water partition coefficient (Wildman–Crippen LogP) is 3.34. The second-order valence-electron chi connectivity index (χ2n) is 3.75. The third-order valence-electron chi connectivity index (χ3n) is 2.68. The summed E-state index contributed by atoms with van der Waals surface area (Å²) in [6.45, 7) is 1.85. The average molecular weight is 206 g/mol. The maximum atomic E-state index is 8.98. The second-order valence-corrected chi connectivity index (χ2v) is 3.75. The van der Waals surface area contributed by atoms with E-state index in [1.807, 2.05) is 37.3 Å². The van der Waals surface area contributed by atoms with Crippen LogP contribution in [0.5, 0.6) is 0 Å². The highest BCUT2D eigenvalue weighted by molar-refractivity contribution is 5.87. The van der Waals surface area contributed by atoms with Gasteiger partial charge in [-0.2, -0.15) is 10.5 Å². The Morgan fingerprint density at radius 1 is 1.12 bits per heavy atom. The van der Waals surface area contributed by atoms with Gasteiger partial charge in [0.15, 0.2) is 0 Å². The van der Waals surface area contributed by atoms with Crippen LogP contribution in [0.2, 0.25) is 0 Å². The van der Waals surface area contributed by atoms with E-state index < -0.39 is 0 Å². The van der Waals surface area contributed by atoms with Gasteiger partial charge < -0.3 is 0 Å². The van der Waals surface area contributed by atoms with Crippen LogP contribution in [0.3, 0.4) is 0 Å². The lowest BCUT2D eigenvalue weighted by molar-refractivity contribution is 0.993. The van der Waals surface area contributed by atoms with E-state index >= 15 is 0 Å². The number of rotatable bonds is 1. The second kappa shape index (κ2) is 4.04. The molecule has 0 aromatic heterocycles. The number of nitrogens with zero attached hydrogens (tertiary/aromatic N) is 2. The van der Waals surface area contributed by atoms with E-state index in [1.165, 1.54) is 0 Å². The topological polar surface area (TPSA) is 47.6 Å². The Morgan fingerprint density at radius 2 is 1.88 bits per heavy atom. The molecular weight excluding hydrogens is 196 g/mol. The van der Waals surface area contributed by atoms with Gasteiger partial charge in [0.1, 0.15) is 0 Å². The Morgan fingerprint density at radius 3 is 2.56 bits per heavy atom. The minimum atomic E-state index is -0.196. The summed E-state index contributed by atoms with van der Waals surface area (Å²) in [5.74, 6) is -0.196. The quantitative estimate of drug-likeness (QED) is 0.718. The third kappa shape index (κ3) is 1.62. The molecule has 0 saturated carbocycles. The number of hydrogen-bond acceptors (Lipinski definition) is 2. The van der Waals surface area contributed by atoms with Crippen LogP contribution in [-0.4, -0.2) is 0 Å². The number of hydrogen-bond donors (Lipinski definition) is 0. The van der Waals surface area contributed by atoms with Crippen molar-refractivity contribution in [3.05, 3.63) is 47.5 Å². The van der Waals surface area contributed by atoms with Crippen LogP contribution in [0.15, 0.2) is 36.4 Å². The molecule has 0 aliphatic carbocycles. The molecule has 0 saturated heterocycles. The van der Waals surface area contributed by atoms with E-state index in [4.69, 9.17) is 10.5 Å². The first-order valence-electron chi connectivity index (χ1n) is 5.08. The van der Waals surface area contributed by atoms with Crippen LogP contribution < -0.4 is 0 Å². The summed E-state index contributed by atoms with van der Waals surface area (Å²) in [5.41, 5.74) is 1.54. The molecule has 0 aliphatic heterocycles. The highest BCUT2D eigenvalue weighted by atomic mass is 14.3. The van der Waals surface area contributed by atoms with E-state index in [0.717, 1.165) is 16.3 Å². The normalized spacial score (nSPS) is 11.7.